The number of nitrogens with two attached hydrogens (primary N) is 1. The summed E-state index contributed by atoms with van der Waals surface area (Å²) in [7, 11) is 0. The van der Waals surface area contributed by atoms with E-state index < -0.39 is 0 Å². The molecule has 0 amide bonds. The summed E-state index contributed by atoms with van der Waals surface area (Å²) in [5, 5.41) is 0. The van der Waals surface area contributed by atoms with Crippen LogP contribution in [0.25, 0.3) is 0 Å². The maximum atomic E-state index is 5.61. The van der Waals surface area contributed by atoms with Crippen molar-refractivity contribution >= 4 is 5.69 Å². The van der Waals surface area contributed by atoms with Crippen molar-refractivity contribution in [1.82, 2.24) is 0 Å². The Morgan fingerprint density at radius 1 is 1.19 bits per heavy atom. The maximum Gasteiger partial charge on any atom is 0.0366 e. The molecular weight excluding hydrogens is 196 g/mol. The fourth-order valence-corrected chi connectivity index (χ4v) is 2.47. The number of hydrogen-bond acceptors (Lipinski definition) is 2. The summed E-state index contributed by atoms with van der Waals surface area (Å²) >= 11 is 0. The van der Waals surface area contributed by atoms with Gasteiger partial charge in [0.2, 0.25) is 0 Å². The smallest absolute Gasteiger partial charge is 0.0366 e. The molecule has 88 valence electrons. The summed E-state index contributed by atoms with van der Waals surface area (Å²) in [6.45, 7) is 5.36. The molecule has 0 bridgehead atoms. The maximum absolute atomic E-state index is 5.61. The van der Waals surface area contributed by atoms with E-state index in [1.54, 1.807) is 0 Å². The summed E-state index contributed by atoms with van der Waals surface area (Å²) in [6.07, 6.45) is 3.79. The second-order valence-electron chi connectivity index (χ2n) is 4.84. The zero-order valence-electron chi connectivity index (χ0n) is 10.2. The lowest BCUT2D eigenvalue weighted by molar-refractivity contribution is 0.386. The lowest BCUT2D eigenvalue weighted by Crippen LogP contribution is -2.34. The zero-order chi connectivity index (χ0) is 11.4. The summed E-state index contributed by atoms with van der Waals surface area (Å²) in [4.78, 5) is 2.49. The Balaban J connectivity index is 1.91. The van der Waals surface area contributed by atoms with Crippen molar-refractivity contribution in [1.29, 1.82) is 0 Å². The first kappa shape index (κ1) is 11.5. The largest absolute Gasteiger partial charge is 0.372 e. The van der Waals surface area contributed by atoms with E-state index in [1.165, 1.54) is 43.6 Å². The Bertz CT molecular complexity index is 310. The molecule has 1 saturated heterocycles. The van der Waals surface area contributed by atoms with Gasteiger partial charge in [0.05, 0.1) is 0 Å². The van der Waals surface area contributed by atoms with E-state index >= 15 is 0 Å². The molecule has 1 aliphatic heterocycles. The van der Waals surface area contributed by atoms with Gasteiger partial charge in [-0.1, -0.05) is 17.7 Å². The highest BCUT2D eigenvalue weighted by atomic mass is 15.1. The highest BCUT2D eigenvalue weighted by molar-refractivity contribution is 5.47. The third-order valence-corrected chi connectivity index (χ3v) is 3.59. The normalized spacial score (nSPS) is 17.8. The van der Waals surface area contributed by atoms with Crippen molar-refractivity contribution in [2.45, 2.75) is 26.2 Å². The molecule has 1 aromatic rings. The Labute approximate surface area is 98.4 Å². The number of piperidine rings is 1. The summed E-state index contributed by atoms with van der Waals surface area (Å²) in [6, 6.07) is 8.86. The van der Waals surface area contributed by atoms with Gasteiger partial charge in [-0.3, -0.25) is 0 Å². The van der Waals surface area contributed by atoms with Gasteiger partial charge >= 0.3 is 0 Å². The van der Waals surface area contributed by atoms with Crippen LogP contribution >= 0.6 is 0 Å². The van der Waals surface area contributed by atoms with Crippen LogP contribution in [0.4, 0.5) is 5.69 Å². The standard InChI is InChI=1S/C14H22N2/c1-12-2-4-14(5-3-12)16-10-7-13(6-9-15)8-11-16/h2-5,13H,6-11,15H2,1H3. The average molecular weight is 218 g/mol. The van der Waals surface area contributed by atoms with E-state index in [9.17, 15) is 0 Å². The highest BCUT2D eigenvalue weighted by Crippen LogP contribution is 2.24. The minimum absolute atomic E-state index is 0.842. The molecule has 2 heteroatoms. The van der Waals surface area contributed by atoms with E-state index in [4.69, 9.17) is 5.73 Å². The molecule has 1 aliphatic rings. The number of anilines is 1. The van der Waals surface area contributed by atoms with Crippen LogP contribution in [-0.2, 0) is 0 Å². The quantitative estimate of drug-likeness (QED) is 0.845. The van der Waals surface area contributed by atoms with Crippen LogP contribution in [0, 0.1) is 12.8 Å². The number of nitrogens with zero attached hydrogens (tertiary/aromatic N) is 1. The number of rotatable bonds is 3. The molecule has 0 aromatic heterocycles. The van der Waals surface area contributed by atoms with Gasteiger partial charge in [0, 0.05) is 18.8 Å². The molecule has 1 aromatic carbocycles. The van der Waals surface area contributed by atoms with Gasteiger partial charge in [0.15, 0.2) is 0 Å². The SMILES string of the molecule is Cc1ccc(N2CCC(CCN)CC2)cc1. The third kappa shape index (κ3) is 2.76. The van der Waals surface area contributed by atoms with Gasteiger partial charge in [-0.05, 0) is 50.8 Å². The molecular formula is C14H22N2. The minimum Gasteiger partial charge on any atom is -0.372 e. The first-order chi connectivity index (χ1) is 7.79. The van der Waals surface area contributed by atoms with Crippen molar-refractivity contribution in [2.75, 3.05) is 24.5 Å². The van der Waals surface area contributed by atoms with Crippen LogP contribution in [0.3, 0.4) is 0 Å². The Morgan fingerprint density at radius 3 is 2.38 bits per heavy atom. The molecule has 0 spiro atoms. The van der Waals surface area contributed by atoms with Crippen LogP contribution in [0.1, 0.15) is 24.8 Å². The van der Waals surface area contributed by atoms with E-state index in [0.29, 0.717) is 0 Å². The van der Waals surface area contributed by atoms with Crippen molar-refractivity contribution in [2.24, 2.45) is 11.7 Å². The van der Waals surface area contributed by atoms with Gasteiger partial charge in [0.25, 0.3) is 0 Å². The molecule has 0 saturated carbocycles. The first-order valence-corrected chi connectivity index (χ1v) is 6.31. The van der Waals surface area contributed by atoms with Gasteiger partial charge in [-0.25, -0.2) is 0 Å². The number of aryl methyl sites for hydroxylation is 1. The fraction of sp³-hybridized carbons (Fsp3) is 0.571. The van der Waals surface area contributed by atoms with Crippen molar-refractivity contribution in [3.05, 3.63) is 29.8 Å². The highest BCUT2D eigenvalue weighted by Gasteiger charge is 2.18. The Morgan fingerprint density at radius 2 is 1.81 bits per heavy atom. The van der Waals surface area contributed by atoms with E-state index in [1.807, 2.05) is 0 Å². The number of hydrogen-bond donors (Lipinski definition) is 1. The van der Waals surface area contributed by atoms with E-state index in [0.717, 1.165) is 12.5 Å². The predicted molar refractivity (Wildman–Crippen MR) is 69.8 cm³/mol. The molecule has 1 heterocycles. The van der Waals surface area contributed by atoms with Crippen LogP contribution in [0.2, 0.25) is 0 Å². The molecule has 0 aliphatic carbocycles. The Hall–Kier alpha value is -1.02. The third-order valence-electron chi connectivity index (χ3n) is 3.59. The fourth-order valence-electron chi connectivity index (χ4n) is 2.47. The molecule has 0 unspecified atom stereocenters. The van der Waals surface area contributed by atoms with E-state index in [2.05, 4.69) is 36.1 Å². The number of benzene rings is 1. The van der Waals surface area contributed by atoms with Gasteiger partial charge in [-0.15, -0.1) is 0 Å². The molecule has 16 heavy (non-hydrogen) atoms. The second-order valence-corrected chi connectivity index (χ2v) is 4.84. The summed E-state index contributed by atoms with van der Waals surface area (Å²) in [5.74, 6) is 0.853. The van der Waals surface area contributed by atoms with Crippen LogP contribution < -0.4 is 10.6 Å². The van der Waals surface area contributed by atoms with Crippen LogP contribution in [-0.4, -0.2) is 19.6 Å². The van der Waals surface area contributed by atoms with E-state index in [-0.39, 0.29) is 0 Å². The predicted octanol–water partition coefficient (Wildman–Crippen LogP) is 2.56. The molecule has 1 fully saturated rings. The minimum atomic E-state index is 0.842. The van der Waals surface area contributed by atoms with Gasteiger partial charge < -0.3 is 10.6 Å². The molecule has 2 rings (SSSR count). The molecule has 0 atom stereocenters. The lowest BCUT2D eigenvalue weighted by Gasteiger charge is -2.33. The monoisotopic (exact) mass is 218 g/mol. The molecule has 2 nitrogen and oxygen atoms in total. The second kappa shape index (κ2) is 5.35. The lowest BCUT2D eigenvalue weighted by atomic mass is 9.93. The topological polar surface area (TPSA) is 29.3 Å². The summed E-state index contributed by atoms with van der Waals surface area (Å²) < 4.78 is 0. The molecule has 2 N–H and O–H groups in total. The van der Waals surface area contributed by atoms with Crippen LogP contribution in [0.5, 0.6) is 0 Å². The average Bonchev–Trinajstić information content (AvgIpc) is 2.32. The van der Waals surface area contributed by atoms with Crippen LogP contribution in [0.15, 0.2) is 24.3 Å². The summed E-state index contributed by atoms with van der Waals surface area (Å²) in [5.41, 5.74) is 8.32. The van der Waals surface area contributed by atoms with Crippen molar-refractivity contribution < 1.29 is 0 Å². The van der Waals surface area contributed by atoms with Gasteiger partial charge in [-0.2, -0.15) is 0 Å². The first-order valence-electron chi connectivity index (χ1n) is 6.31. The molecule has 0 radical (unpaired) electrons. The van der Waals surface area contributed by atoms with Gasteiger partial charge in [0.1, 0.15) is 0 Å². The van der Waals surface area contributed by atoms with Crippen molar-refractivity contribution in [3.63, 3.8) is 0 Å². The zero-order valence-corrected chi connectivity index (χ0v) is 10.2. The Kier molecular flexibility index (Phi) is 3.83. The van der Waals surface area contributed by atoms with Crippen molar-refractivity contribution in [3.8, 4) is 0 Å².